The Morgan fingerprint density at radius 1 is 1.35 bits per heavy atom. The smallest absolute Gasteiger partial charge is 0.238 e. The number of benzene rings is 1. The van der Waals surface area contributed by atoms with Gasteiger partial charge in [0.2, 0.25) is 5.95 Å². The molecule has 0 saturated heterocycles. The summed E-state index contributed by atoms with van der Waals surface area (Å²) in [7, 11) is 1.80. The molecule has 0 unspecified atom stereocenters. The Morgan fingerprint density at radius 3 is 2.95 bits per heavy atom. The second kappa shape index (κ2) is 4.61. The first kappa shape index (κ1) is 12.1. The highest BCUT2D eigenvalue weighted by Gasteiger charge is 2.09. The average molecular weight is 267 g/mol. The largest absolute Gasteiger partial charge is 0.386 e. The van der Waals surface area contributed by atoms with Crippen LogP contribution in [0.15, 0.2) is 41.8 Å². The van der Waals surface area contributed by atoms with Crippen LogP contribution in [-0.2, 0) is 0 Å². The third kappa shape index (κ3) is 1.85. The summed E-state index contributed by atoms with van der Waals surface area (Å²) in [6, 6.07) is 7.62. The van der Waals surface area contributed by atoms with Gasteiger partial charge in [-0.15, -0.1) is 5.10 Å². The van der Waals surface area contributed by atoms with Crippen molar-refractivity contribution < 1.29 is 0 Å². The van der Waals surface area contributed by atoms with Gasteiger partial charge in [-0.25, -0.2) is 15.0 Å². The molecule has 0 atom stereocenters. The molecule has 0 aliphatic heterocycles. The number of rotatable bonds is 3. The van der Waals surface area contributed by atoms with E-state index in [2.05, 4.69) is 20.5 Å². The van der Waals surface area contributed by atoms with E-state index in [-0.39, 0.29) is 5.95 Å². The number of nitrogens with zero attached hydrogens (tertiary/aromatic N) is 4. The topological polar surface area (TPSA) is 104 Å². The van der Waals surface area contributed by atoms with Gasteiger partial charge in [-0.2, -0.15) is 5.11 Å². The van der Waals surface area contributed by atoms with Gasteiger partial charge in [0.1, 0.15) is 5.69 Å². The van der Waals surface area contributed by atoms with Gasteiger partial charge in [0, 0.05) is 18.8 Å². The second-order valence-corrected chi connectivity index (χ2v) is 4.27. The fraction of sp³-hybridized carbons (Fsp3) is 0.0769. The van der Waals surface area contributed by atoms with Gasteiger partial charge in [-0.3, -0.25) is 0 Å². The highest BCUT2D eigenvalue weighted by molar-refractivity contribution is 5.84. The van der Waals surface area contributed by atoms with Crippen LogP contribution in [0.2, 0.25) is 0 Å². The molecule has 0 amide bonds. The van der Waals surface area contributed by atoms with Crippen molar-refractivity contribution in [1.29, 1.82) is 5.53 Å². The van der Waals surface area contributed by atoms with Crippen LogP contribution in [0, 0.1) is 5.53 Å². The van der Waals surface area contributed by atoms with E-state index >= 15 is 0 Å². The van der Waals surface area contributed by atoms with Crippen molar-refractivity contribution in [3.8, 4) is 11.1 Å². The van der Waals surface area contributed by atoms with Gasteiger partial charge < -0.3 is 11.1 Å². The van der Waals surface area contributed by atoms with E-state index in [9.17, 15) is 0 Å². The number of fused-ring (bicyclic) bond motifs is 1. The maximum atomic E-state index is 7.13. The Kier molecular flexibility index (Phi) is 2.79. The van der Waals surface area contributed by atoms with Crippen molar-refractivity contribution in [3.05, 3.63) is 36.7 Å². The molecule has 0 fully saturated rings. The number of anilines is 2. The molecule has 20 heavy (non-hydrogen) atoms. The minimum atomic E-state index is 0.235. The first-order chi connectivity index (χ1) is 9.72. The van der Waals surface area contributed by atoms with Gasteiger partial charge in [0.05, 0.1) is 17.4 Å². The molecule has 4 N–H and O–H groups in total. The average Bonchev–Trinajstić information content (AvgIpc) is 2.89. The molecule has 3 aromatic rings. The van der Waals surface area contributed by atoms with Crippen molar-refractivity contribution in [2.45, 2.75) is 0 Å². The van der Waals surface area contributed by atoms with Gasteiger partial charge in [0.25, 0.3) is 0 Å². The van der Waals surface area contributed by atoms with E-state index in [0.29, 0.717) is 5.69 Å². The molecule has 100 valence electrons. The Labute approximate surface area is 115 Å². The molecule has 0 saturated carbocycles. The summed E-state index contributed by atoms with van der Waals surface area (Å²) in [6.45, 7) is 0. The second-order valence-electron chi connectivity index (χ2n) is 4.27. The third-order valence-corrected chi connectivity index (χ3v) is 3.13. The van der Waals surface area contributed by atoms with Crippen molar-refractivity contribution in [2.75, 3.05) is 18.1 Å². The van der Waals surface area contributed by atoms with Gasteiger partial charge >= 0.3 is 0 Å². The number of hydrogen-bond acceptors (Lipinski definition) is 6. The molecular weight excluding hydrogens is 254 g/mol. The standard InChI is InChI=1S/C13H13N7/c1-16-11-6-8(2-3-10(11)18-15)9-4-5-20-12(9)7-17-13(14)19-20/h2-7,15-16H,1H3,(H2,14,19). The van der Waals surface area contributed by atoms with Crippen LogP contribution in [0.1, 0.15) is 0 Å². The summed E-state index contributed by atoms with van der Waals surface area (Å²) in [5.74, 6) is 0.235. The summed E-state index contributed by atoms with van der Waals surface area (Å²) >= 11 is 0. The van der Waals surface area contributed by atoms with Crippen LogP contribution < -0.4 is 11.1 Å². The zero-order chi connectivity index (χ0) is 14.1. The predicted octanol–water partition coefficient (Wildman–Crippen LogP) is 2.68. The van der Waals surface area contributed by atoms with Crippen LogP contribution in [0.5, 0.6) is 0 Å². The van der Waals surface area contributed by atoms with Gasteiger partial charge in [-0.1, -0.05) is 6.07 Å². The zero-order valence-corrected chi connectivity index (χ0v) is 10.8. The van der Waals surface area contributed by atoms with E-state index in [1.807, 2.05) is 24.4 Å². The van der Waals surface area contributed by atoms with E-state index < -0.39 is 0 Å². The number of aromatic nitrogens is 3. The Bertz CT molecular complexity index is 791. The highest BCUT2D eigenvalue weighted by Crippen LogP contribution is 2.32. The number of nitrogen functional groups attached to an aromatic ring is 1. The minimum Gasteiger partial charge on any atom is -0.386 e. The maximum Gasteiger partial charge on any atom is 0.238 e. The highest BCUT2D eigenvalue weighted by atomic mass is 15.3. The lowest BCUT2D eigenvalue weighted by Crippen LogP contribution is -1.99. The molecule has 1 aromatic carbocycles. The lowest BCUT2D eigenvalue weighted by Gasteiger charge is -2.07. The molecule has 0 bridgehead atoms. The van der Waals surface area contributed by atoms with Gasteiger partial charge in [-0.05, 0) is 23.8 Å². The van der Waals surface area contributed by atoms with E-state index in [1.54, 1.807) is 23.8 Å². The van der Waals surface area contributed by atoms with Crippen molar-refractivity contribution in [1.82, 2.24) is 14.6 Å². The Morgan fingerprint density at radius 2 is 2.20 bits per heavy atom. The first-order valence-electron chi connectivity index (χ1n) is 6.02. The van der Waals surface area contributed by atoms with Crippen LogP contribution in [-0.4, -0.2) is 21.6 Å². The monoisotopic (exact) mass is 267 g/mol. The number of nitrogens with two attached hydrogens (primary N) is 1. The molecule has 2 heterocycles. The van der Waals surface area contributed by atoms with Crippen molar-refractivity contribution >= 4 is 22.8 Å². The molecule has 0 aliphatic rings. The Hall–Kier alpha value is -2.96. The summed E-state index contributed by atoms with van der Waals surface area (Å²) < 4.78 is 1.69. The molecule has 7 nitrogen and oxygen atoms in total. The summed E-state index contributed by atoms with van der Waals surface area (Å²) in [5.41, 5.74) is 17.0. The van der Waals surface area contributed by atoms with E-state index in [4.69, 9.17) is 11.3 Å². The zero-order valence-electron chi connectivity index (χ0n) is 10.8. The Balaban J connectivity index is 2.18. The maximum absolute atomic E-state index is 7.13. The van der Waals surface area contributed by atoms with Crippen molar-refractivity contribution in [3.63, 3.8) is 0 Å². The molecule has 0 spiro atoms. The summed E-state index contributed by atoms with van der Waals surface area (Å²) in [4.78, 5) is 4.02. The lowest BCUT2D eigenvalue weighted by atomic mass is 10.1. The van der Waals surface area contributed by atoms with Crippen LogP contribution in [0.3, 0.4) is 0 Å². The normalized spacial score (nSPS) is 10.7. The SMILES string of the molecule is CNc1cc(-c2ccn3nc(N)ncc23)ccc1N=N. The van der Waals surface area contributed by atoms with Crippen LogP contribution in [0.4, 0.5) is 17.3 Å². The summed E-state index contributed by atoms with van der Waals surface area (Å²) in [5, 5.41) is 10.6. The van der Waals surface area contributed by atoms with Crippen molar-refractivity contribution in [2.24, 2.45) is 5.11 Å². The fourth-order valence-corrected chi connectivity index (χ4v) is 2.16. The third-order valence-electron chi connectivity index (χ3n) is 3.13. The fourth-order valence-electron chi connectivity index (χ4n) is 2.16. The minimum absolute atomic E-state index is 0.235. The number of nitrogens with one attached hydrogen (secondary N) is 2. The quantitative estimate of drug-likeness (QED) is 0.634. The molecule has 2 aromatic heterocycles. The molecule has 0 aliphatic carbocycles. The molecule has 7 heteroatoms. The predicted molar refractivity (Wildman–Crippen MR) is 77.2 cm³/mol. The molecular formula is C13H13N7. The summed E-state index contributed by atoms with van der Waals surface area (Å²) in [6.07, 6.45) is 3.53. The lowest BCUT2D eigenvalue weighted by molar-refractivity contribution is 0.918. The molecule has 3 rings (SSSR count). The molecule has 0 radical (unpaired) electrons. The number of hydrogen-bond donors (Lipinski definition) is 3. The van der Waals surface area contributed by atoms with Gasteiger partial charge in [0.15, 0.2) is 0 Å². The van der Waals surface area contributed by atoms with E-state index in [0.717, 1.165) is 22.3 Å². The van der Waals surface area contributed by atoms with Crippen LogP contribution in [0.25, 0.3) is 16.6 Å². The van der Waals surface area contributed by atoms with E-state index in [1.165, 1.54) is 0 Å². The van der Waals surface area contributed by atoms with Crippen LogP contribution >= 0.6 is 0 Å². The first-order valence-corrected chi connectivity index (χ1v) is 6.02.